The molecule has 1 amide bonds. The van der Waals surface area contributed by atoms with Crippen molar-refractivity contribution in [3.63, 3.8) is 0 Å². The molecule has 1 atom stereocenters. The first-order chi connectivity index (χ1) is 12.7. The summed E-state index contributed by atoms with van der Waals surface area (Å²) in [6.45, 7) is 2.53. The molecule has 1 fully saturated rings. The second kappa shape index (κ2) is 8.63. The SMILES string of the molecule is CNCC1CCN(C(=O)COc2ccc(C(=O)c3ccccc3)cc2)C1. The fraction of sp³-hybridized carbons (Fsp3) is 0.333. The van der Waals surface area contributed by atoms with Gasteiger partial charge in [0.25, 0.3) is 5.91 Å². The summed E-state index contributed by atoms with van der Waals surface area (Å²) in [5.74, 6) is 1.09. The third-order valence-electron chi connectivity index (χ3n) is 4.65. The first-order valence-electron chi connectivity index (χ1n) is 8.92. The van der Waals surface area contributed by atoms with Gasteiger partial charge in [0.2, 0.25) is 0 Å². The van der Waals surface area contributed by atoms with Crippen LogP contribution < -0.4 is 10.1 Å². The Bertz CT molecular complexity index is 744. The third-order valence-corrected chi connectivity index (χ3v) is 4.65. The van der Waals surface area contributed by atoms with Gasteiger partial charge in [-0.2, -0.15) is 0 Å². The zero-order valence-electron chi connectivity index (χ0n) is 15.0. The Morgan fingerprint density at radius 1 is 1.08 bits per heavy atom. The molecule has 1 aliphatic rings. The minimum Gasteiger partial charge on any atom is -0.484 e. The van der Waals surface area contributed by atoms with E-state index in [1.54, 1.807) is 36.4 Å². The summed E-state index contributed by atoms with van der Waals surface area (Å²) in [7, 11) is 1.93. The van der Waals surface area contributed by atoms with E-state index in [9.17, 15) is 9.59 Å². The molecule has 1 N–H and O–H groups in total. The number of nitrogens with zero attached hydrogens (tertiary/aromatic N) is 1. The lowest BCUT2D eigenvalue weighted by atomic mass is 10.0. The van der Waals surface area contributed by atoms with Crippen LogP contribution in [0.2, 0.25) is 0 Å². The highest BCUT2D eigenvalue weighted by Gasteiger charge is 2.25. The van der Waals surface area contributed by atoms with Gasteiger partial charge in [0, 0.05) is 24.2 Å². The molecule has 2 aromatic carbocycles. The van der Waals surface area contributed by atoms with Gasteiger partial charge in [-0.15, -0.1) is 0 Å². The van der Waals surface area contributed by atoms with Gasteiger partial charge < -0.3 is 15.0 Å². The highest BCUT2D eigenvalue weighted by atomic mass is 16.5. The Balaban J connectivity index is 1.52. The summed E-state index contributed by atoms with van der Waals surface area (Å²) in [6, 6.07) is 16.1. The van der Waals surface area contributed by atoms with Crippen LogP contribution in [0.3, 0.4) is 0 Å². The van der Waals surface area contributed by atoms with Crippen LogP contribution in [0.15, 0.2) is 54.6 Å². The van der Waals surface area contributed by atoms with Crippen molar-refractivity contribution in [2.45, 2.75) is 6.42 Å². The number of amides is 1. The molecule has 0 aliphatic carbocycles. The lowest BCUT2D eigenvalue weighted by molar-refractivity contribution is -0.132. The maximum atomic E-state index is 12.4. The predicted octanol–water partition coefficient (Wildman–Crippen LogP) is 2.36. The van der Waals surface area contributed by atoms with E-state index in [2.05, 4.69) is 5.32 Å². The highest BCUT2D eigenvalue weighted by molar-refractivity contribution is 6.08. The molecule has 0 spiro atoms. The molecule has 5 heteroatoms. The first-order valence-corrected chi connectivity index (χ1v) is 8.92. The van der Waals surface area contributed by atoms with Crippen LogP contribution in [0.5, 0.6) is 5.75 Å². The van der Waals surface area contributed by atoms with Gasteiger partial charge >= 0.3 is 0 Å². The molecule has 1 heterocycles. The number of ketones is 1. The van der Waals surface area contributed by atoms with Crippen LogP contribution in [0.25, 0.3) is 0 Å². The van der Waals surface area contributed by atoms with Crippen LogP contribution in [0.4, 0.5) is 0 Å². The number of hydrogen-bond donors (Lipinski definition) is 1. The van der Waals surface area contributed by atoms with Crippen molar-refractivity contribution in [1.82, 2.24) is 10.2 Å². The molecule has 5 nitrogen and oxygen atoms in total. The van der Waals surface area contributed by atoms with E-state index in [4.69, 9.17) is 4.74 Å². The van der Waals surface area contributed by atoms with Crippen molar-refractivity contribution in [3.8, 4) is 5.75 Å². The van der Waals surface area contributed by atoms with Gasteiger partial charge in [-0.1, -0.05) is 30.3 Å². The number of ether oxygens (including phenoxy) is 1. The minimum atomic E-state index is -0.0270. The average Bonchev–Trinajstić information content (AvgIpc) is 3.16. The van der Waals surface area contributed by atoms with Gasteiger partial charge in [-0.05, 0) is 50.2 Å². The Kier molecular flexibility index (Phi) is 6.02. The van der Waals surface area contributed by atoms with Gasteiger partial charge in [-0.25, -0.2) is 0 Å². The molecule has 1 saturated heterocycles. The Labute approximate surface area is 154 Å². The van der Waals surface area contributed by atoms with E-state index < -0.39 is 0 Å². The molecular weight excluding hydrogens is 328 g/mol. The Hall–Kier alpha value is -2.66. The number of nitrogens with one attached hydrogen (secondary N) is 1. The number of rotatable bonds is 7. The van der Waals surface area contributed by atoms with Crippen LogP contribution in [-0.4, -0.2) is 49.9 Å². The molecule has 3 rings (SSSR count). The topological polar surface area (TPSA) is 58.6 Å². The van der Waals surface area contributed by atoms with Crippen molar-refractivity contribution in [3.05, 3.63) is 65.7 Å². The summed E-state index contributed by atoms with van der Waals surface area (Å²) in [4.78, 5) is 26.5. The van der Waals surface area contributed by atoms with Crippen LogP contribution >= 0.6 is 0 Å². The molecule has 136 valence electrons. The molecule has 0 saturated carbocycles. The summed E-state index contributed by atoms with van der Waals surface area (Å²) >= 11 is 0. The summed E-state index contributed by atoms with van der Waals surface area (Å²) in [5.41, 5.74) is 1.26. The number of carbonyl (C=O) groups excluding carboxylic acids is 2. The third kappa shape index (κ3) is 4.49. The van der Waals surface area contributed by atoms with Gasteiger partial charge in [-0.3, -0.25) is 9.59 Å². The molecule has 2 aromatic rings. The zero-order chi connectivity index (χ0) is 18.4. The summed E-state index contributed by atoms with van der Waals surface area (Å²) in [5, 5.41) is 3.16. The van der Waals surface area contributed by atoms with Crippen molar-refractivity contribution in [1.29, 1.82) is 0 Å². The molecule has 26 heavy (non-hydrogen) atoms. The molecule has 1 aliphatic heterocycles. The second-order valence-electron chi connectivity index (χ2n) is 6.56. The van der Waals surface area contributed by atoms with E-state index in [-0.39, 0.29) is 18.3 Å². The number of likely N-dealkylation sites (tertiary alicyclic amines) is 1. The maximum Gasteiger partial charge on any atom is 0.260 e. The molecule has 1 unspecified atom stereocenters. The van der Waals surface area contributed by atoms with Crippen molar-refractivity contribution in [2.24, 2.45) is 5.92 Å². The van der Waals surface area contributed by atoms with Crippen molar-refractivity contribution in [2.75, 3.05) is 33.3 Å². The molecular formula is C21H24N2O3. The lowest BCUT2D eigenvalue weighted by Gasteiger charge is -2.17. The molecule has 0 radical (unpaired) electrons. The average molecular weight is 352 g/mol. The maximum absolute atomic E-state index is 12.4. The monoisotopic (exact) mass is 352 g/mol. The normalized spacial score (nSPS) is 16.5. The quantitative estimate of drug-likeness (QED) is 0.777. The zero-order valence-corrected chi connectivity index (χ0v) is 15.0. The Morgan fingerprint density at radius 3 is 2.46 bits per heavy atom. The lowest BCUT2D eigenvalue weighted by Crippen LogP contribution is -2.34. The minimum absolute atomic E-state index is 0.00745. The summed E-state index contributed by atoms with van der Waals surface area (Å²) < 4.78 is 5.60. The number of benzene rings is 2. The van der Waals surface area contributed by atoms with E-state index in [0.29, 0.717) is 22.8 Å². The van der Waals surface area contributed by atoms with Gasteiger partial charge in [0.1, 0.15) is 5.75 Å². The molecule has 0 aromatic heterocycles. The second-order valence-corrected chi connectivity index (χ2v) is 6.56. The van der Waals surface area contributed by atoms with E-state index in [1.807, 2.05) is 30.1 Å². The predicted molar refractivity (Wildman–Crippen MR) is 100 cm³/mol. The smallest absolute Gasteiger partial charge is 0.260 e. The van der Waals surface area contributed by atoms with Crippen LogP contribution in [-0.2, 0) is 4.79 Å². The van der Waals surface area contributed by atoms with E-state index >= 15 is 0 Å². The van der Waals surface area contributed by atoms with Gasteiger partial charge in [0.15, 0.2) is 12.4 Å². The van der Waals surface area contributed by atoms with Crippen LogP contribution in [0.1, 0.15) is 22.3 Å². The summed E-state index contributed by atoms with van der Waals surface area (Å²) in [6.07, 6.45) is 1.03. The van der Waals surface area contributed by atoms with Crippen molar-refractivity contribution < 1.29 is 14.3 Å². The fourth-order valence-corrected chi connectivity index (χ4v) is 3.21. The number of hydrogen-bond acceptors (Lipinski definition) is 4. The first kappa shape index (κ1) is 18.1. The standard InChI is InChI=1S/C21H24N2O3/c1-22-13-16-11-12-23(14-16)20(24)15-26-19-9-7-18(8-10-19)21(25)17-5-3-2-4-6-17/h2-10,16,22H,11-15H2,1H3. The van der Waals surface area contributed by atoms with Crippen molar-refractivity contribution >= 4 is 11.7 Å². The fourth-order valence-electron chi connectivity index (χ4n) is 3.21. The number of carbonyl (C=O) groups is 2. The van der Waals surface area contributed by atoms with Crippen LogP contribution in [0, 0.1) is 5.92 Å². The molecule has 0 bridgehead atoms. The van der Waals surface area contributed by atoms with E-state index in [0.717, 1.165) is 26.1 Å². The highest BCUT2D eigenvalue weighted by Crippen LogP contribution is 2.18. The van der Waals surface area contributed by atoms with Gasteiger partial charge in [0.05, 0.1) is 0 Å². The largest absolute Gasteiger partial charge is 0.484 e. The van der Waals surface area contributed by atoms with E-state index in [1.165, 1.54) is 0 Å². The Morgan fingerprint density at radius 2 is 1.77 bits per heavy atom.